The highest BCUT2D eigenvalue weighted by molar-refractivity contribution is 6.00. The number of methoxy groups -OCH3 is 1. The van der Waals surface area contributed by atoms with Crippen molar-refractivity contribution < 1.29 is 24.2 Å². The van der Waals surface area contributed by atoms with Gasteiger partial charge in [0.2, 0.25) is 11.8 Å². The van der Waals surface area contributed by atoms with Crippen molar-refractivity contribution in [2.75, 3.05) is 18.6 Å². The molecule has 1 saturated heterocycles. The quantitative estimate of drug-likeness (QED) is 0.793. The third kappa shape index (κ3) is 3.30. The number of hydrogen-bond donors (Lipinski definition) is 1. The molecule has 2 aromatic rings. The lowest BCUT2D eigenvalue weighted by Crippen LogP contribution is -2.52. The van der Waals surface area contributed by atoms with Crippen LogP contribution in [-0.2, 0) is 27.5 Å². The molecule has 1 N–H and O–H groups in total. The van der Waals surface area contributed by atoms with Gasteiger partial charge in [-0.05, 0) is 31.2 Å². The molecule has 0 spiro atoms. The van der Waals surface area contributed by atoms with Gasteiger partial charge in [-0.2, -0.15) is 0 Å². The van der Waals surface area contributed by atoms with Crippen molar-refractivity contribution in [2.45, 2.75) is 32.5 Å². The number of aliphatic carboxylic acids is 1. The van der Waals surface area contributed by atoms with Crippen LogP contribution in [-0.4, -0.2) is 62.3 Å². The molecule has 1 aromatic carbocycles. The molecule has 2 aliphatic heterocycles. The fourth-order valence-corrected chi connectivity index (χ4v) is 3.88. The number of benzene rings is 1. The van der Waals surface area contributed by atoms with Gasteiger partial charge in [-0.25, -0.2) is 4.79 Å². The van der Waals surface area contributed by atoms with Gasteiger partial charge < -0.3 is 24.2 Å². The van der Waals surface area contributed by atoms with Crippen LogP contribution in [0.15, 0.2) is 24.3 Å². The van der Waals surface area contributed by atoms with Crippen molar-refractivity contribution in [3.63, 3.8) is 0 Å². The number of amides is 2. The predicted molar refractivity (Wildman–Crippen MR) is 100 cm³/mol. The minimum atomic E-state index is -1.09. The Kier molecular flexibility index (Phi) is 4.69. The van der Waals surface area contributed by atoms with Gasteiger partial charge in [-0.1, -0.05) is 0 Å². The van der Waals surface area contributed by atoms with Gasteiger partial charge in [0.15, 0.2) is 5.82 Å². The van der Waals surface area contributed by atoms with E-state index in [0.717, 1.165) is 0 Å². The number of carbonyl (C=O) groups is 3. The highest BCUT2D eigenvalue weighted by Crippen LogP contribution is 2.29. The molecule has 152 valence electrons. The van der Waals surface area contributed by atoms with Crippen molar-refractivity contribution in [3.8, 4) is 5.75 Å². The van der Waals surface area contributed by atoms with Gasteiger partial charge in [-0.15, -0.1) is 10.2 Å². The average molecular weight is 399 g/mol. The normalized spacial score (nSPS) is 21.2. The maximum absolute atomic E-state index is 13.2. The van der Waals surface area contributed by atoms with Gasteiger partial charge in [0.05, 0.1) is 26.1 Å². The van der Waals surface area contributed by atoms with Crippen LogP contribution in [0, 0.1) is 12.8 Å². The Morgan fingerprint density at radius 2 is 1.90 bits per heavy atom. The zero-order valence-corrected chi connectivity index (χ0v) is 16.1. The van der Waals surface area contributed by atoms with E-state index in [0.29, 0.717) is 23.1 Å². The molecule has 10 nitrogen and oxygen atoms in total. The molecule has 2 aliphatic rings. The van der Waals surface area contributed by atoms with Crippen molar-refractivity contribution >= 4 is 23.5 Å². The first-order valence-corrected chi connectivity index (χ1v) is 9.25. The number of anilines is 1. The summed E-state index contributed by atoms with van der Waals surface area (Å²) in [4.78, 5) is 40.3. The first-order valence-electron chi connectivity index (χ1n) is 9.25. The summed E-state index contributed by atoms with van der Waals surface area (Å²) < 4.78 is 6.84. The molecule has 3 heterocycles. The molecular formula is C19H21N5O5. The zero-order chi connectivity index (χ0) is 20.7. The second kappa shape index (κ2) is 7.19. The molecule has 4 rings (SSSR count). The number of fused-ring (bicyclic) bond motifs is 1. The van der Waals surface area contributed by atoms with Crippen LogP contribution in [0.25, 0.3) is 0 Å². The fourth-order valence-electron chi connectivity index (χ4n) is 3.88. The molecule has 2 amide bonds. The van der Waals surface area contributed by atoms with E-state index in [1.54, 1.807) is 47.8 Å². The minimum Gasteiger partial charge on any atom is -0.497 e. The molecule has 0 bridgehead atoms. The summed E-state index contributed by atoms with van der Waals surface area (Å²) in [6, 6.07) is 6.00. The van der Waals surface area contributed by atoms with E-state index in [1.165, 1.54) is 4.90 Å². The largest absolute Gasteiger partial charge is 0.497 e. The first kappa shape index (κ1) is 18.9. The smallest absolute Gasteiger partial charge is 0.328 e. The number of carbonyl (C=O) groups excluding carboxylic acids is 2. The van der Waals surface area contributed by atoms with Gasteiger partial charge >= 0.3 is 5.97 Å². The highest BCUT2D eigenvalue weighted by atomic mass is 16.5. The fraction of sp³-hybridized carbons (Fsp3) is 0.421. The topological polar surface area (TPSA) is 118 Å². The Hall–Kier alpha value is -3.43. The van der Waals surface area contributed by atoms with Crippen LogP contribution < -0.4 is 9.64 Å². The van der Waals surface area contributed by atoms with Crippen LogP contribution >= 0.6 is 0 Å². The number of ether oxygens (including phenoxy) is 1. The van der Waals surface area contributed by atoms with Crippen LogP contribution in [0.2, 0.25) is 0 Å². The van der Waals surface area contributed by atoms with E-state index in [1.807, 2.05) is 0 Å². The zero-order valence-electron chi connectivity index (χ0n) is 16.1. The lowest BCUT2D eigenvalue weighted by molar-refractivity contribution is -0.154. The summed E-state index contributed by atoms with van der Waals surface area (Å²) in [7, 11) is 1.56. The van der Waals surface area contributed by atoms with Crippen LogP contribution in [0.4, 0.5) is 5.69 Å². The number of rotatable bonds is 4. The van der Waals surface area contributed by atoms with Gasteiger partial charge in [-0.3, -0.25) is 9.59 Å². The van der Waals surface area contributed by atoms with Crippen molar-refractivity contribution in [1.29, 1.82) is 0 Å². The van der Waals surface area contributed by atoms with Crippen LogP contribution in [0.5, 0.6) is 5.75 Å². The highest BCUT2D eigenvalue weighted by Gasteiger charge is 2.43. The molecule has 0 saturated carbocycles. The maximum Gasteiger partial charge on any atom is 0.328 e. The molecule has 2 unspecified atom stereocenters. The van der Waals surface area contributed by atoms with Gasteiger partial charge in [0, 0.05) is 18.7 Å². The molecule has 1 fully saturated rings. The molecule has 1 aromatic heterocycles. The molecule has 0 radical (unpaired) electrons. The second-order valence-electron chi connectivity index (χ2n) is 7.20. The number of hydrogen-bond acceptors (Lipinski definition) is 6. The maximum atomic E-state index is 13.2. The third-order valence-electron chi connectivity index (χ3n) is 5.48. The van der Waals surface area contributed by atoms with Crippen molar-refractivity contribution in [2.24, 2.45) is 5.92 Å². The standard InChI is InChI=1S/C19H21N5O5/c1-11-20-21-16-10-24(15(19(27)28)9-22(11)16)18(26)12-7-17(25)23(8-12)13-3-5-14(29-2)6-4-13/h3-6,12,15H,7-10H2,1-2H3,(H,27,28). The Morgan fingerprint density at radius 1 is 1.17 bits per heavy atom. The molecule has 29 heavy (non-hydrogen) atoms. The van der Waals surface area contributed by atoms with Gasteiger partial charge in [0.25, 0.3) is 0 Å². The summed E-state index contributed by atoms with van der Waals surface area (Å²) >= 11 is 0. The monoisotopic (exact) mass is 399 g/mol. The first-order chi connectivity index (χ1) is 13.9. The lowest BCUT2D eigenvalue weighted by Gasteiger charge is -2.34. The number of carboxylic acid groups (broad SMARTS) is 1. The third-order valence-corrected chi connectivity index (χ3v) is 5.48. The minimum absolute atomic E-state index is 0.0411. The van der Waals surface area contributed by atoms with Crippen LogP contribution in [0.3, 0.4) is 0 Å². The number of nitrogens with zero attached hydrogens (tertiary/aromatic N) is 5. The van der Waals surface area contributed by atoms with E-state index < -0.39 is 17.9 Å². The number of aromatic nitrogens is 3. The van der Waals surface area contributed by atoms with Crippen LogP contribution in [0.1, 0.15) is 18.1 Å². The molecule has 10 heteroatoms. The summed E-state index contributed by atoms with van der Waals surface area (Å²) in [5.41, 5.74) is 0.676. The van der Waals surface area contributed by atoms with E-state index in [4.69, 9.17) is 4.74 Å². The summed E-state index contributed by atoms with van der Waals surface area (Å²) in [6.45, 7) is 2.11. The summed E-state index contributed by atoms with van der Waals surface area (Å²) in [6.07, 6.45) is 0.0411. The number of carboxylic acids is 1. The lowest BCUT2D eigenvalue weighted by atomic mass is 10.0. The van der Waals surface area contributed by atoms with Gasteiger partial charge in [0.1, 0.15) is 17.6 Å². The second-order valence-corrected chi connectivity index (χ2v) is 7.20. The Morgan fingerprint density at radius 3 is 2.55 bits per heavy atom. The molecule has 2 atom stereocenters. The SMILES string of the molecule is COc1ccc(N2CC(C(=O)N3Cc4nnc(C)n4CC3C(=O)O)CC2=O)cc1. The van der Waals surface area contributed by atoms with E-state index >= 15 is 0 Å². The number of aryl methyl sites for hydroxylation is 1. The van der Waals surface area contributed by atoms with E-state index in [2.05, 4.69) is 10.2 Å². The summed E-state index contributed by atoms with van der Waals surface area (Å²) in [5.74, 6) is -0.393. The van der Waals surface area contributed by atoms with Crippen molar-refractivity contribution in [3.05, 3.63) is 35.9 Å². The summed E-state index contributed by atoms with van der Waals surface area (Å²) in [5, 5.41) is 17.7. The van der Waals surface area contributed by atoms with Crippen molar-refractivity contribution in [1.82, 2.24) is 19.7 Å². The Balaban J connectivity index is 1.54. The Labute approximate surface area is 166 Å². The molecule has 0 aliphatic carbocycles. The van der Waals surface area contributed by atoms with E-state index in [9.17, 15) is 19.5 Å². The molecular weight excluding hydrogens is 378 g/mol. The Bertz CT molecular complexity index is 970. The average Bonchev–Trinajstić information content (AvgIpc) is 3.29. The van der Waals surface area contributed by atoms with E-state index in [-0.39, 0.29) is 37.9 Å². The predicted octanol–water partition coefficient (Wildman–Crippen LogP) is 0.444.